The number of amides is 1. The maximum absolute atomic E-state index is 10.6. The molecule has 1 aliphatic carbocycles. The van der Waals surface area contributed by atoms with E-state index in [1.807, 2.05) is 0 Å². The third-order valence-electron chi connectivity index (χ3n) is 8.26. The van der Waals surface area contributed by atoms with Crippen molar-refractivity contribution in [2.75, 3.05) is 26.2 Å². The average molecular weight is 732 g/mol. The van der Waals surface area contributed by atoms with Crippen LogP contribution >= 0.6 is 0 Å². The summed E-state index contributed by atoms with van der Waals surface area (Å²) in [5, 5.41) is 36.7. The average Bonchev–Trinajstić information content (AvgIpc) is 3.34. The van der Waals surface area contributed by atoms with E-state index < -0.39 is 23.9 Å². The number of carbonyl (C=O) groups excluding carboxylic acids is 1. The lowest BCUT2D eigenvalue weighted by Gasteiger charge is -2.45. The molecule has 0 spiro atoms. The molecular formula is C38H61N5O9. The molecule has 1 saturated heterocycles. The zero-order valence-electron chi connectivity index (χ0n) is 30.9. The Kier molecular flexibility index (Phi) is 23.4. The van der Waals surface area contributed by atoms with E-state index in [4.69, 9.17) is 43.4 Å². The molecule has 2 unspecified atom stereocenters. The van der Waals surface area contributed by atoms with Gasteiger partial charge in [0.1, 0.15) is 0 Å². The Bertz CT molecular complexity index is 1310. The molecule has 0 aromatic heterocycles. The van der Waals surface area contributed by atoms with Crippen LogP contribution in [0, 0.1) is 10.8 Å². The van der Waals surface area contributed by atoms with Gasteiger partial charge in [0, 0.05) is 19.0 Å². The van der Waals surface area contributed by atoms with E-state index in [1.165, 1.54) is 68.1 Å². The Morgan fingerprint density at radius 3 is 1.54 bits per heavy atom. The maximum Gasteiger partial charge on any atom is 0.335 e. The van der Waals surface area contributed by atoms with Crippen molar-refractivity contribution in [1.82, 2.24) is 5.32 Å². The molecule has 2 aromatic carbocycles. The highest BCUT2D eigenvalue weighted by Gasteiger charge is 2.38. The van der Waals surface area contributed by atoms with Crippen molar-refractivity contribution in [1.29, 1.82) is 0 Å². The fourth-order valence-corrected chi connectivity index (χ4v) is 5.96. The first-order valence-corrected chi connectivity index (χ1v) is 17.7. The number of carboxylic acid groups (broad SMARTS) is 4. The van der Waals surface area contributed by atoms with Gasteiger partial charge in [-0.1, -0.05) is 46.1 Å². The molecule has 1 saturated carbocycles. The number of nitrogens with one attached hydrogen (secondary N) is 1. The molecule has 0 bridgehead atoms. The van der Waals surface area contributed by atoms with Gasteiger partial charge in [-0.2, -0.15) is 0 Å². The lowest BCUT2D eigenvalue weighted by molar-refractivity contribution is -0.120. The second-order valence-corrected chi connectivity index (χ2v) is 14.1. The summed E-state index contributed by atoms with van der Waals surface area (Å²) in [6.45, 7) is 10.1. The molecule has 292 valence electrons. The summed E-state index contributed by atoms with van der Waals surface area (Å²) in [6, 6.07) is 10.6. The van der Waals surface area contributed by atoms with E-state index in [1.54, 1.807) is 0 Å². The summed E-state index contributed by atoms with van der Waals surface area (Å²) < 4.78 is 0. The van der Waals surface area contributed by atoms with Crippen LogP contribution in [0.15, 0.2) is 48.5 Å². The monoisotopic (exact) mass is 731 g/mol. The smallest absolute Gasteiger partial charge is 0.335 e. The second kappa shape index (κ2) is 25.6. The lowest BCUT2D eigenvalue weighted by Crippen LogP contribution is -2.45. The van der Waals surface area contributed by atoms with Crippen molar-refractivity contribution in [3.8, 4) is 0 Å². The minimum Gasteiger partial charge on any atom is -0.478 e. The van der Waals surface area contributed by atoms with Crippen molar-refractivity contribution >= 4 is 29.8 Å². The Morgan fingerprint density at radius 1 is 0.692 bits per heavy atom. The van der Waals surface area contributed by atoms with Gasteiger partial charge >= 0.3 is 23.9 Å². The Labute approximate surface area is 307 Å². The fraction of sp³-hybridized carbons (Fsp3) is 0.553. The van der Waals surface area contributed by atoms with Crippen LogP contribution in [0.2, 0.25) is 0 Å². The lowest BCUT2D eigenvalue weighted by atomic mass is 9.63. The first kappa shape index (κ1) is 47.6. The summed E-state index contributed by atoms with van der Waals surface area (Å²) in [5.41, 5.74) is 23.1. The Hall–Kier alpha value is -4.37. The Morgan fingerprint density at radius 2 is 1.15 bits per heavy atom. The minimum absolute atomic E-state index is 0.0186. The quantitative estimate of drug-likeness (QED) is 0.149. The summed E-state index contributed by atoms with van der Waals surface area (Å²) >= 11 is 0. The number of carboxylic acids is 4. The summed E-state index contributed by atoms with van der Waals surface area (Å²) in [6.07, 6.45) is 12.4. The van der Waals surface area contributed by atoms with Crippen molar-refractivity contribution in [2.45, 2.75) is 97.4 Å². The maximum atomic E-state index is 10.6. The molecule has 0 radical (unpaired) electrons. The van der Waals surface area contributed by atoms with Crippen molar-refractivity contribution < 1.29 is 44.4 Å². The third-order valence-corrected chi connectivity index (χ3v) is 8.26. The molecule has 1 aliphatic heterocycles. The predicted molar refractivity (Wildman–Crippen MR) is 202 cm³/mol. The molecule has 52 heavy (non-hydrogen) atoms. The van der Waals surface area contributed by atoms with Gasteiger partial charge in [-0.3, -0.25) is 4.79 Å². The number of unbranched alkanes of at least 4 members (excludes halogenated alkanes) is 3. The van der Waals surface area contributed by atoms with Gasteiger partial charge in [0.05, 0.1) is 22.3 Å². The van der Waals surface area contributed by atoms with E-state index in [0.717, 1.165) is 77.2 Å². The van der Waals surface area contributed by atoms with E-state index in [-0.39, 0.29) is 33.6 Å². The van der Waals surface area contributed by atoms with Crippen LogP contribution in [0.5, 0.6) is 0 Å². The standard InChI is InChI=1S/C10H22N2.2C8H6O4.C6H16N2.C6H11NO/c1-9(2)4-8(12)5-10(3,6-9)7-11;9-7(10)5-1-2-6(4-3-5)8(11)12;9-7(10)5-2-1-3-6(4-5)8(11)12;7-5-3-1-2-4-6-8;8-6-4-2-1-3-5-7-6/h8H,4-7,11-12H2,1-3H3;2*1-4H,(H,9,10)(H,11,12);1-8H2;1-5H2,(H,7,8). The number of carbonyl (C=O) groups is 5. The van der Waals surface area contributed by atoms with Crippen LogP contribution in [-0.4, -0.2) is 82.4 Å². The topological polar surface area (TPSA) is 282 Å². The number of benzene rings is 2. The SMILES string of the molecule is CC1(C)CC(N)CC(C)(CN)C1.NCCCCCCN.O=C(O)c1ccc(C(=O)O)cc1.O=C(O)c1cccc(C(=O)O)c1.O=C1CCCCCN1. The molecule has 14 nitrogen and oxygen atoms in total. The second-order valence-electron chi connectivity index (χ2n) is 14.1. The highest BCUT2D eigenvalue weighted by Crippen LogP contribution is 2.44. The summed E-state index contributed by atoms with van der Waals surface area (Å²) in [4.78, 5) is 52.0. The van der Waals surface area contributed by atoms with Crippen LogP contribution in [0.25, 0.3) is 0 Å². The first-order valence-electron chi connectivity index (χ1n) is 17.7. The zero-order chi connectivity index (χ0) is 39.7. The highest BCUT2D eigenvalue weighted by molar-refractivity contribution is 5.93. The number of hydrogen-bond acceptors (Lipinski definition) is 9. The number of nitrogens with two attached hydrogens (primary N) is 4. The molecule has 2 aliphatic rings. The zero-order valence-corrected chi connectivity index (χ0v) is 30.9. The van der Waals surface area contributed by atoms with Gasteiger partial charge in [0.15, 0.2) is 0 Å². The fourth-order valence-electron chi connectivity index (χ4n) is 5.96. The number of hydrogen-bond donors (Lipinski definition) is 9. The largest absolute Gasteiger partial charge is 0.478 e. The third kappa shape index (κ3) is 21.8. The van der Waals surface area contributed by atoms with E-state index in [0.29, 0.717) is 11.5 Å². The van der Waals surface area contributed by atoms with E-state index in [2.05, 4.69) is 26.1 Å². The van der Waals surface area contributed by atoms with Crippen LogP contribution in [0.3, 0.4) is 0 Å². The van der Waals surface area contributed by atoms with Gasteiger partial charge in [-0.25, -0.2) is 19.2 Å². The van der Waals surface area contributed by atoms with Crippen LogP contribution in [0.1, 0.15) is 133 Å². The van der Waals surface area contributed by atoms with Crippen LogP contribution < -0.4 is 28.3 Å². The van der Waals surface area contributed by atoms with Gasteiger partial charge in [0.2, 0.25) is 5.91 Å². The number of rotatable bonds is 10. The van der Waals surface area contributed by atoms with E-state index in [9.17, 15) is 24.0 Å². The molecule has 1 amide bonds. The van der Waals surface area contributed by atoms with Gasteiger partial charge in [-0.15, -0.1) is 0 Å². The van der Waals surface area contributed by atoms with Crippen LogP contribution in [0.4, 0.5) is 0 Å². The molecule has 14 heteroatoms. The molecule has 1 heterocycles. The van der Waals surface area contributed by atoms with Gasteiger partial charge in [0.25, 0.3) is 0 Å². The van der Waals surface area contributed by atoms with Gasteiger partial charge < -0.3 is 48.7 Å². The number of aromatic carboxylic acids is 4. The summed E-state index contributed by atoms with van der Waals surface area (Å²) in [7, 11) is 0. The molecule has 2 atom stereocenters. The predicted octanol–water partition coefficient (Wildman–Crippen LogP) is 4.80. The first-order chi connectivity index (χ1) is 24.4. The van der Waals surface area contributed by atoms with Crippen LogP contribution in [-0.2, 0) is 4.79 Å². The molecule has 2 aromatic rings. The molecular weight excluding hydrogens is 670 g/mol. The Balaban J connectivity index is 0.000000633. The minimum atomic E-state index is -1.13. The molecule has 2 fully saturated rings. The molecule has 13 N–H and O–H groups in total. The normalized spacial score (nSPS) is 18.7. The van der Waals surface area contributed by atoms with E-state index >= 15 is 0 Å². The highest BCUT2D eigenvalue weighted by atomic mass is 16.4. The summed E-state index contributed by atoms with van der Waals surface area (Å²) in [5.74, 6) is -4.16. The van der Waals surface area contributed by atoms with Crippen molar-refractivity contribution in [2.24, 2.45) is 33.8 Å². The van der Waals surface area contributed by atoms with Crippen molar-refractivity contribution in [3.63, 3.8) is 0 Å². The van der Waals surface area contributed by atoms with Crippen molar-refractivity contribution in [3.05, 3.63) is 70.8 Å². The molecule has 4 rings (SSSR count). The van der Waals surface area contributed by atoms with Gasteiger partial charge in [-0.05, 0) is 118 Å².